The van der Waals surface area contributed by atoms with E-state index >= 15 is 0 Å². The van der Waals surface area contributed by atoms with Gasteiger partial charge in [0.2, 0.25) is 11.8 Å². The van der Waals surface area contributed by atoms with Crippen LogP contribution >= 0.6 is 11.6 Å². The van der Waals surface area contributed by atoms with E-state index in [2.05, 4.69) is 5.32 Å². The molecule has 0 saturated carbocycles. The summed E-state index contributed by atoms with van der Waals surface area (Å²) in [6, 6.07) is 9.82. The van der Waals surface area contributed by atoms with Crippen LogP contribution in [0.3, 0.4) is 0 Å². The molecule has 0 spiro atoms. The maximum absolute atomic E-state index is 13.8. The molecule has 2 amide bonds. The van der Waals surface area contributed by atoms with Crippen molar-refractivity contribution in [2.45, 2.75) is 25.4 Å². The molecule has 1 aliphatic heterocycles. The zero-order chi connectivity index (χ0) is 18.7. The van der Waals surface area contributed by atoms with Gasteiger partial charge in [-0.15, -0.1) is 0 Å². The fraction of sp³-hybridized carbons (Fsp3) is 0.263. The van der Waals surface area contributed by atoms with Crippen LogP contribution in [0.4, 0.5) is 8.78 Å². The summed E-state index contributed by atoms with van der Waals surface area (Å²) >= 11 is 5.93. The second-order valence-electron chi connectivity index (χ2n) is 6.25. The first-order chi connectivity index (χ1) is 12.4. The van der Waals surface area contributed by atoms with Gasteiger partial charge in [-0.2, -0.15) is 0 Å². The minimum absolute atomic E-state index is 0.0939. The zero-order valence-electron chi connectivity index (χ0n) is 13.8. The van der Waals surface area contributed by atoms with Crippen LogP contribution in [0.15, 0.2) is 42.5 Å². The average Bonchev–Trinajstić information content (AvgIpc) is 2.92. The van der Waals surface area contributed by atoms with Gasteiger partial charge in [0, 0.05) is 30.1 Å². The average molecular weight is 379 g/mol. The number of carbonyl (C=O) groups is 2. The fourth-order valence-electron chi connectivity index (χ4n) is 2.97. The summed E-state index contributed by atoms with van der Waals surface area (Å²) in [5.74, 6) is -1.35. The second-order valence-corrected chi connectivity index (χ2v) is 6.65. The van der Waals surface area contributed by atoms with Crippen LogP contribution in [0.1, 0.15) is 17.5 Å². The Morgan fingerprint density at radius 3 is 2.62 bits per heavy atom. The normalized spacial score (nSPS) is 16.8. The van der Waals surface area contributed by atoms with Crippen LogP contribution < -0.4 is 5.32 Å². The second kappa shape index (κ2) is 7.83. The number of nitrogens with one attached hydrogen (secondary N) is 1. The Balaban J connectivity index is 1.57. The lowest BCUT2D eigenvalue weighted by Gasteiger charge is -2.17. The van der Waals surface area contributed by atoms with Gasteiger partial charge in [0.25, 0.3) is 0 Å². The molecule has 26 heavy (non-hydrogen) atoms. The third kappa shape index (κ3) is 4.38. The maximum Gasteiger partial charge on any atom is 0.225 e. The van der Waals surface area contributed by atoms with Gasteiger partial charge >= 0.3 is 0 Å². The van der Waals surface area contributed by atoms with Crippen LogP contribution in [0, 0.1) is 11.6 Å². The van der Waals surface area contributed by atoms with Gasteiger partial charge in [-0.3, -0.25) is 9.59 Å². The van der Waals surface area contributed by atoms with Crippen LogP contribution in [0.25, 0.3) is 0 Å². The van der Waals surface area contributed by atoms with Crippen molar-refractivity contribution in [2.75, 3.05) is 6.54 Å². The smallest absolute Gasteiger partial charge is 0.225 e. The van der Waals surface area contributed by atoms with Gasteiger partial charge in [-0.1, -0.05) is 29.8 Å². The number of hydrogen-bond acceptors (Lipinski definition) is 2. The Morgan fingerprint density at radius 1 is 1.19 bits per heavy atom. The molecule has 0 bridgehead atoms. The highest BCUT2D eigenvalue weighted by molar-refractivity contribution is 6.31. The van der Waals surface area contributed by atoms with Crippen molar-refractivity contribution >= 4 is 23.4 Å². The quantitative estimate of drug-likeness (QED) is 0.869. The van der Waals surface area contributed by atoms with Crippen LogP contribution in [-0.2, 0) is 22.6 Å². The molecule has 1 unspecified atom stereocenters. The van der Waals surface area contributed by atoms with Gasteiger partial charge in [0.15, 0.2) is 0 Å². The molecule has 1 heterocycles. The number of hydrogen-bond donors (Lipinski definition) is 1. The molecule has 1 N–H and O–H groups in total. The van der Waals surface area contributed by atoms with E-state index in [4.69, 9.17) is 11.6 Å². The summed E-state index contributed by atoms with van der Waals surface area (Å²) in [7, 11) is 0. The van der Waals surface area contributed by atoms with Crippen molar-refractivity contribution in [1.29, 1.82) is 0 Å². The van der Waals surface area contributed by atoms with E-state index in [1.165, 1.54) is 30.3 Å². The first kappa shape index (κ1) is 18.3. The van der Waals surface area contributed by atoms with E-state index < -0.39 is 11.7 Å². The number of carbonyl (C=O) groups excluding carboxylic acids is 2. The van der Waals surface area contributed by atoms with Gasteiger partial charge in [0.05, 0.1) is 12.5 Å². The van der Waals surface area contributed by atoms with Crippen molar-refractivity contribution in [3.05, 3.63) is 70.2 Å². The van der Waals surface area contributed by atoms with E-state index in [9.17, 15) is 18.4 Å². The third-order valence-electron chi connectivity index (χ3n) is 4.27. The molecule has 1 saturated heterocycles. The maximum atomic E-state index is 13.8. The Hall–Kier alpha value is -2.47. The number of amides is 2. The zero-order valence-corrected chi connectivity index (χ0v) is 14.6. The summed E-state index contributed by atoms with van der Waals surface area (Å²) in [5, 5.41) is 2.95. The molecule has 2 aromatic rings. The Labute approximate surface area is 154 Å². The molecular weight excluding hydrogens is 362 g/mol. The standard InChI is InChI=1S/C19H17ClF2N2O2/c20-16-2-1-3-17(22)15(16)9-18(25)23-14-8-19(26)24(11-14)10-12-4-6-13(21)7-5-12/h1-7,14H,8-11H2,(H,23,25). The Morgan fingerprint density at radius 2 is 1.92 bits per heavy atom. The molecular formula is C19H17ClF2N2O2. The summed E-state index contributed by atoms with van der Waals surface area (Å²) in [4.78, 5) is 25.9. The first-order valence-corrected chi connectivity index (χ1v) is 8.54. The van der Waals surface area contributed by atoms with Crippen molar-refractivity contribution in [3.8, 4) is 0 Å². The molecule has 4 nitrogen and oxygen atoms in total. The fourth-order valence-corrected chi connectivity index (χ4v) is 3.20. The van der Waals surface area contributed by atoms with Crippen molar-refractivity contribution in [1.82, 2.24) is 10.2 Å². The van der Waals surface area contributed by atoms with Gasteiger partial charge in [-0.25, -0.2) is 8.78 Å². The molecule has 0 aliphatic carbocycles. The first-order valence-electron chi connectivity index (χ1n) is 8.17. The minimum Gasteiger partial charge on any atom is -0.351 e. The lowest BCUT2D eigenvalue weighted by molar-refractivity contribution is -0.128. The molecule has 3 rings (SSSR count). The van der Waals surface area contributed by atoms with Crippen molar-refractivity contribution < 1.29 is 18.4 Å². The van der Waals surface area contributed by atoms with Crippen LogP contribution in [-0.4, -0.2) is 29.3 Å². The summed E-state index contributed by atoms with van der Waals surface area (Å²) in [5.41, 5.74) is 0.948. The van der Waals surface area contributed by atoms with Crippen LogP contribution in [0.5, 0.6) is 0 Å². The van der Waals surface area contributed by atoms with E-state index in [1.54, 1.807) is 17.0 Å². The molecule has 0 aromatic heterocycles. The lowest BCUT2D eigenvalue weighted by atomic mass is 10.1. The number of halogens is 3. The van der Waals surface area contributed by atoms with E-state index in [-0.39, 0.29) is 41.2 Å². The van der Waals surface area contributed by atoms with E-state index in [0.29, 0.717) is 13.1 Å². The monoisotopic (exact) mass is 378 g/mol. The highest BCUT2D eigenvalue weighted by Crippen LogP contribution is 2.20. The summed E-state index contributed by atoms with van der Waals surface area (Å²) < 4.78 is 26.7. The summed E-state index contributed by atoms with van der Waals surface area (Å²) in [6.45, 7) is 0.706. The third-order valence-corrected chi connectivity index (χ3v) is 4.62. The van der Waals surface area contributed by atoms with Crippen LogP contribution in [0.2, 0.25) is 5.02 Å². The number of benzene rings is 2. The van der Waals surface area contributed by atoms with E-state index in [1.807, 2.05) is 0 Å². The Kier molecular flexibility index (Phi) is 5.52. The molecule has 136 valence electrons. The molecule has 1 fully saturated rings. The van der Waals surface area contributed by atoms with Gasteiger partial charge in [-0.05, 0) is 29.8 Å². The molecule has 2 aromatic carbocycles. The molecule has 7 heteroatoms. The Bertz CT molecular complexity index is 807. The minimum atomic E-state index is -0.534. The highest BCUT2D eigenvalue weighted by Gasteiger charge is 2.30. The molecule has 1 aliphatic rings. The predicted molar refractivity (Wildman–Crippen MR) is 93.5 cm³/mol. The topological polar surface area (TPSA) is 49.4 Å². The number of rotatable bonds is 5. The predicted octanol–water partition coefficient (Wildman–Crippen LogP) is 3.08. The van der Waals surface area contributed by atoms with Crippen molar-refractivity contribution in [3.63, 3.8) is 0 Å². The van der Waals surface area contributed by atoms with Crippen molar-refractivity contribution in [2.24, 2.45) is 0 Å². The number of likely N-dealkylation sites (tertiary alicyclic amines) is 1. The van der Waals surface area contributed by atoms with Gasteiger partial charge < -0.3 is 10.2 Å². The lowest BCUT2D eigenvalue weighted by Crippen LogP contribution is -2.38. The summed E-state index contributed by atoms with van der Waals surface area (Å²) in [6.07, 6.45) is -0.00784. The SMILES string of the molecule is O=C(Cc1c(F)cccc1Cl)NC1CC(=O)N(Cc2ccc(F)cc2)C1. The number of nitrogens with zero attached hydrogens (tertiary/aromatic N) is 1. The molecule has 0 radical (unpaired) electrons. The van der Waals surface area contributed by atoms with E-state index in [0.717, 1.165) is 5.56 Å². The highest BCUT2D eigenvalue weighted by atomic mass is 35.5. The molecule has 1 atom stereocenters. The van der Waals surface area contributed by atoms with Gasteiger partial charge in [0.1, 0.15) is 11.6 Å². The largest absolute Gasteiger partial charge is 0.351 e.